The Morgan fingerprint density at radius 3 is 2.51 bits per heavy atom. The third-order valence-corrected chi connectivity index (χ3v) is 7.10. The second-order valence-electron chi connectivity index (χ2n) is 8.57. The van der Waals surface area contributed by atoms with E-state index in [9.17, 15) is 13.8 Å². The summed E-state index contributed by atoms with van der Waals surface area (Å²) in [5, 5.41) is 0. The Bertz CT molecular complexity index is 1360. The van der Waals surface area contributed by atoms with Crippen LogP contribution >= 0.6 is 0 Å². The molecule has 5 rings (SSSR count). The van der Waals surface area contributed by atoms with E-state index in [2.05, 4.69) is 4.72 Å². The van der Waals surface area contributed by atoms with Crippen LogP contribution < -0.4 is 14.2 Å². The first kappa shape index (κ1) is 22.9. The number of nitrogens with one attached hydrogen (secondary N) is 1. The maximum Gasteiger partial charge on any atom is 0.257 e. The Kier molecular flexibility index (Phi) is 6.13. The Morgan fingerprint density at radius 2 is 1.80 bits per heavy atom. The van der Waals surface area contributed by atoms with Crippen molar-refractivity contribution in [2.75, 3.05) is 14.1 Å². The van der Waals surface area contributed by atoms with Crippen LogP contribution in [0.15, 0.2) is 72.8 Å². The molecule has 1 N–H and O–H groups in total. The van der Waals surface area contributed by atoms with Crippen LogP contribution in [-0.2, 0) is 22.2 Å². The Hall–Kier alpha value is -3.91. The van der Waals surface area contributed by atoms with Crippen LogP contribution in [-0.4, -0.2) is 35.0 Å². The van der Waals surface area contributed by atoms with Crippen LogP contribution in [0.5, 0.6) is 17.2 Å². The lowest BCUT2D eigenvalue weighted by Crippen LogP contribution is -2.21. The van der Waals surface area contributed by atoms with Crippen molar-refractivity contribution in [2.24, 2.45) is 0 Å². The van der Waals surface area contributed by atoms with Gasteiger partial charge < -0.3 is 14.4 Å². The van der Waals surface area contributed by atoms with Crippen LogP contribution in [0.1, 0.15) is 39.6 Å². The van der Waals surface area contributed by atoms with Crippen LogP contribution in [0.25, 0.3) is 4.91 Å². The van der Waals surface area contributed by atoms with Gasteiger partial charge >= 0.3 is 0 Å². The van der Waals surface area contributed by atoms with E-state index in [0.717, 1.165) is 29.7 Å². The largest absolute Gasteiger partial charge is 0.486 e. The fraction of sp³-hybridized carbons (Fsp3) is 0.185. The molecule has 2 aliphatic rings. The number of fused-ring (bicyclic) bond motifs is 1. The molecule has 0 fully saturated rings. The topological polar surface area (TPSA) is 84.9 Å². The van der Waals surface area contributed by atoms with Gasteiger partial charge in [-0.1, -0.05) is 30.3 Å². The van der Waals surface area contributed by atoms with Crippen LogP contribution in [0.4, 0.5) is 0 Å². The van der Waals surface area contributed by atoms with E-state index in [1.54, 1.807) is 38.4 Å². The van der Waals surface area contributed by atoms with Crippen molar-refractivity contribution in [3.63, 3.8) is 0 Å². The highest BCUT2D eigenvalue weighted by molar-refractivity contribution is 7.93. The molecule has 2 amide bonds. The molecule has 1 unspecified atom stereocenters. The summed E-state index contributed by atoms with van der Waals surface area (Å²) in [4.78, 5) is 25.7. The van der Waals surface area contributed by atoms with Gasteiger partial charge in [-0.25, -0.2) is 4.21 Å². The zero-order valence-electron chi connectivity index (χ0n) is 19.3. The van der Waals surface area contributed by atoms with Gasteiger partial charge in [-0.3, -0.25) is 14.3 Å². The van der Waals surface area contributed by atoms with E-state index in [4.69, 9.17) is 9.47 Å². The van der Waals surface area contributed by atoms with Crippen LogP contribution in [0.3, 0.4) is 0 Å². The molecule has 0 aromatic heterocycles. The second-order valence-corrected chi connectivity index (χ2v) is 9.75. The van der Waals surface area contributed by atoms with Gasteiger partial charge in [0.2, 0.25) is 0 Å². The van der Waals surface area contributed by atoms with Crippen molar-refractivity contribution in [3.8, 4) is 17.2 Å². The predicted octanol–water partition coefficient (Wildman–Crippen LogP) is 4.38. The molecule has 3 aromatic rings. The van der Waals surface area contributed by atoms with Crippen molar-refractivity contribution in [1.82, 2.24) is 9.62 Å². The van der Waals surface area contributed by atoms with Crippen molar-refractivity contribution in [3.05, 3.63) is 95.1 Å². The maximum atomic E-state index is 12.3. The highest BCUT2D eigenvalue weighted by Gasteiger charge is 2.27. The predicted molar refractivity (Wildman–Crippen MR) is 133 cm³/mol. The zero-order chi connectivity index (χ0) is 24.5. The average molecular weight is 489 g/mol. The molecule has 7 nitrogen and oxygen atoms in total. The maximum absolute atomic E-state index is 12.3. The smallest absolute Gasteiger partial charge is 0.257 e. The molecule has 178 valence electrons. The van der Waals surface area contributed by atoms with Gasteiger partial charge in [0.15, 0.2) is 11.0 Å². The van der Waals surface area contributed by atoms with Crippen molar-refractivity contribution >= 4 is 27.7 Å². The molecule has 1 aliphatic heterocycles. The fourth-order valence-corrected chi connectivity index (χ4v) is 5.20. The van der Waals surface area contributed by atoms with Gasteiger partial charge in [0.05, 0.1) is 4.91 Å². The first-order valence-corrected chi connectivity index (χ1v) is 12.4. The van der Waals surface area contributed by atoms with E-state index in [-0.39, 0.29) is 17.9 Å². The number of carbonyl (C=O) groups is 2. The number of nitrogens with zero attached hydrogens (tertiary/aromatic N) is 1. The molecule has 1 heterocycles. The lowest BCUT2D eigenvalue weighted by molar-refractivity contribution is -0.114. The summed E-state index contributed by atoms with van der Waals surface area (Å²) >= 11 is 0. The third-order valence-electron chi connectivity index (χ3n) is 5.96. The first-order valence-electron chi connectivity index (χ1n) is 11.2. The van der Waals surface area contributed by atoms with E-state index in [1.807, 2.05) is 42.5 Å². The molecule has 35 heavy (non-hydrogen) atoms. The number of benzene rings is 3. The lowest BCUT2D eigenvalue weighted by Gasteiger charge is -2.16. The minimum Gasteiger partial charge on any atom is -0.486 e. The Labute approximate surface area is 205 Å². The van der Waals surface area contributed by atoms with Gasteiger partial charge in [0.25, 0.3) is 11.8 Å². The summed E-state index contributed by atoms with van der Waals surface area (Å²) in [5.74, 6) is 1.63. The number of hydrogen-bond donors (Lipinski definition) is 1. The number of rotatable bonds is 6. The fourth-order valence-electron chi connectivity index (χ4n) is 4.28. The molecule has 0 bridgehead atoms. The minimum atomic E-state index is -1.52. The summed E-state index contributed by atoms with van der Waals surface area (Å²) in [6, 6.07) is 20.3. The SMILES string of the molecule is CN(C)C(=O)c1cccc(Oc2cccc3c2CC[C@H]3Oc2ccc(C3=CC(=O)NS3=O)cc2)c1. The molecule has 1 aliphatic carbocycles. The number of carbonyl (C=O) groups excluding carboxylic acids is 2. The van der Waals surface area contributed by atoms with E-state index < -0.39 is 11.0 Å². The van der Waals surface area contributed by atoms with Crippen molar-refractivity contribution in [1.29, 1.82) is 0 Å². The monoisotopic (exact) mass is 488 g/mol. The Balaban J connectivity index is 1.32. The summed E-state index contributed by atoms with van der Waals surface area (Å²) in [6.45, 7) is 0. The zero-order valence-corrected chi connectivity index (χ0v) is 20.1. The van der Waals surface area contributed by atoms with Gasteiger partial charge in [-0.15, -0.1) is 0 Å². The molecular weight excluding hydrogens is 464 g/mol. The molecular formula is C27H24N2O5S. The summed E-state index contributed by atoms with van der Waals surface area (Å²) < 4.78 is 26.8. The van der Waals surface area contributed by atoms with E-state index in [0.29, 0.717) is 27.5 Å². The second kappa shape index (κ2) is 9.38. The lowest BCUT2D eigenvalue weighted by atomic mass is 10.1. The quantitative estimate of drug-likeness (QED) is 0.557. The minimum absolute atomic E-state index is 0.0773. The van der Waals surface area contributed by atoms with E-state index >= 15 is 0 Å². The highest BCUT2D eigenvalue weighted by Crippen LogP contribution is 2.41. The molecule has 3 aromatic carbocycles. The van der Waals surface area contributed by atoms with Gasteiger partial charge in [-0.2, -0.15) is 0 Å². The molecule has 0 saturated carbocycles. The molecule has 0 spiro atoms. The normalized spacial score (nSPS) is 18.5. The molecule has 0 saturated heterocycles. The standard InChI is InChI=1S/C27H24N2O5S/c1-29(2)27(31)18-5-3-6-20(15-18)34-23-8-4-7-21-22(23)13-14-24(21)33-19-11-9-17(10-12-19)25-16-26(30)28-35(25)32/h3-12,15-16,24H,13-14H2,1-2H3,(H,28,30)/t24-,35?/m1/s1. The van der Waals surface area contributed by atoms with Crippen molar-refractivity contribution in [2.45, 2.75) is 18.9 Å². The number of hydrogen-bond acceptors (Lipinski definition) is 5. The summed E-state index contributed by atoms with van der Waals surface area (Å²) in [5.41, 5.74) is 3.45. The summed E-state index contributed by atoms with van der Waals surface area (Å²) in [7, 11) is 1.92. The molecule has 2 atom stereocenters. The first-order chi connectivity index (χ1) is 16.9. The highest BCUT2D eigenvalue weighted by atomic mass is 32.2. The third kappa shape index (κ3) is 4.70. The van der Waals surface area contributed by atoms with E-state index in [1.165, 1.54) is 11.0 Å². The van der Waals surface area contributed by atoms with Crippen LogP contribution in [0.2, 0.25) is 0 Å². The summed E-state index contributed by atoms with van der Waals surface area (Å²) in [6.07, 6.45) is 2.85. The molecule has 8 heteroatoms. The number of amides is 2. The number of ether oxygens (including phenoxy) is 2. The van der Waals surface area contributed by atoms with Gasteiger partial charge in [0.1, 0.15) is 23.4 Å². The average Bonchev–Trinajstić information content (AvgIpc) is 3.42. The van der Waals surface area contributed by atoms with Crippen molar-refractivity contribution < 1.29 is 23.3 Å². The van der Waals surface area contributed by atoms with Gasteiger partial charge in [0, 0.05) is 31.3 Å². The van der Waals surface area contributed by atoms with Gasteiger partial charge in [-0.05, 0) is 60.4 Å². The van der Waals surface area contributed by atoms with Crippen LogP contribution in [0, 0.1) is 0 Å². The Morgan fingerprint density at radius 1 is 1.03 bits per heavy atom. The molecule has 0 radical (unpaired) electrons.